The summed E-state index contributed by atoms with van der Waals surface area (Å²) in [6, 6.07) is 14.2. The molecular weight excluding hydrogens is 330 g/mol. The van der Waals surface area contributed by atoms with Crippen LogP contribution in [0.3, 0.4) is 0 Å². The standard InChI is InChI=1S/C21H25NO4/c1-4-13-25-21(24)16-9-11-17(12-10-16)22-20(23)19(5-2)26-18-8-6-7-15(3)14-18/h6-12,14,19H,4-5,13H2,1-3H3,(H,22,23). The van der Waals surface area contributed by atoms with E-state index in [0.29, 0.717) is 30.0 Å². The summed E-state index contributed by atoms with van der Waals surface area (Å²) >= 11 is 0. The lowest BCUT2D eigenvalue weighted by atomic mass is 10.2. The highest BCUT2D eigenvalue weighted by Crippen LogP contribution is 2.17. The van der Waals surface area contributed by atoms with Crippen LogP contribution in [0.4, 0.5) is 5.69 Å². The Morgan fingerprint density at radius 3 is 2.42 bits per heavy atom. The van der Waals surface area contributed by atoms with E-state index in [1.165, 1.54) is 0 Å². The summed E-state index contributed by atoms with van der Waals surface area (Å²) in [5, 5.41) is 2.82. The molecule has 138 valence electrons. The fraction of sp³-hybridized carbons (Fsp3) is 0.333. The second kappa shape index (κ2) is 9.61. The third kappa shape index (κ3) is 5.62. The molecular formula is C21H25NO4. The molecule has 0 heterocycles. The third-order valence-electron chi connectivity index (χ3n) is 3.76. The molecule has 1 N–H and O–H groups in total. The van der Waals surface area contributed by atoms with E-state index in [1.54, 1.807) is 24.3 Å². The lowest BCUT2D eigenvalue weighted by Gasteiger charge is -2.17. The minimum absolute atomic E-state index is 0.227. The largest absolute Gasteiger partial charge is 0.481 e. The zero-order valence-electron chi connectivity index (χ0n) is 15.5. The van der Waals surface area contributed by atoms with Crippen LogP contribution in [-0.2, 0) is 9.53 Å². The topological polar surface area (TPSA) is 64.6 Å². The number of ether oxygens (including phenoxy) is 2. The number of esters is 1. The number of hydrogen-bond acceptors (Lipinski definition) is 4. The van der Waals surface area contributed by atoms with Crippen molar-refractivity contribution in [1.82, 2.24) is 0 Å². The van der Waals surface area contributed by atoms with Crippen LogP contribution in [0.15, 0.2) is 48.5 Å². The van der Waals surface area contributed by atoms with Gasteiger partial charge in [-0.2, -0.15) is 0 Å². The van der Waals surface area contributed by atoms with Gasteiger partial charge in [-0.25, -0.2) is 4.79 Å². The molecule has 0 aliphatic carbocycles. The minimum Gasteiger partial charge on any atom is -0.481 e. The number of amides is 1. The minimum atomic E-state index is -0.592. The summed E-state index contributed by atoms with van der Waals surface area (Å²) in [6.45, 7) is 6.20. The molecule has 0 bridgehead atoms. The number of hydrogen-bond donors (Lipinski definition) is 1. The zero-order chi connectivity index (χ0) is 18.9. The van der Waals surface area contributed by atoms with Gasteiger partial charge in [0, 0.05) is 5.69 Å². The summed E-state index contributed by atoms with van der Waals surface area (Å²) in [7, 11) is 0. The summed E-state index contributed by atoms with van der Waals surface area (Å²) in [5.74, 6) is 0.0790. The van der Waals surface area contributed by atoms with Gasteiger partial charge >= 0.3 is 5.97 Å². The molecule has 26 heavy (non-hydrogen) atoms. The van der Waals surface area contributed by atoms with Crippen LogP contribution < -0.4 is 10.1 Å². The van der Waals surface area contributed by atoms with Gasteiger partial charge in [-0.3, -0.25) is 4.79 Å². The molecule has 0 aliphatic rings. The van der Waals surface area contributed by atoms with Crippen molar-refractivity contribution in [2.24, 2.45) is 0 Å². The lowest BCUT2D eigenvalue weighted by Crippen LogP contribution is -2.32. The van der Waals surface area contributed by atoms with Gasteiger partial charge in [0.25, 0.3) is 5.91 Å². The van der Waals surface area contributed by atoms with Crippen molar-refractivity contribution < 1.29 is 19.1 Å². The molecule has 2 rings (SSSR count). The molecule has 0 spiro atoms. The van der Waals surface area contributed by atoms with Gasteiger partial charge in [-0.15, -0.1) is 0 Å². The SMILES string of the molecule is CCCOC(=O)c1ccc(NC(=O)C(CC)Oc2cccc(C)c2)cc1. The van der Waals surface area contributed by atoms with Crippen molar-refractivity contribution in [2.45, 2.75) is 39.7 Å². The van der Waals surface area contributed by atoms with Crippen molar-refractivity contribution in [1.29, 1.82) is 0 Å². The van der Waals surface area contributed by atoms with Gasteiger partial charge in [-0.1, -0.05) is 26.0 Å². The number of anilines is 1. The van der Waals surface area contributed by atoms with E-state index in [4.69, 9.17) is 9.47 Å². The quantitative estimate of drug-likeness (QED) is 0.715. The molecule has 0 fully saturated rings. The molecule has 2 aromatic carbocycles. The highest BCUT2D eigenvalue weighted by Gasteiger charge is 2.19. The first-order valence-corrected chi connectivity index (χ1v) is 8.84. The Labute approximate surface area is 154 Å². The Kier molecular flexibility index (Phi) is 7.21. The number of aryl methyl sites for hydroxylation is 1. The van der Waals surface area contributed by atoms with Gasteiger partial charge in [0.1, 0.15) is 5.75 Å². The number of benzene rings is 2. The molecule has 2 aromatic rings. The number of carbonyl (C=O) groups excluding carboxylic acids is 2. The molecule has 5 heteroatoms. The van der Waals surface area contributed by atoms with Crippen LogP contribution in [0, 0.1) is 6.92 Å². The Balaban J connectivity index is 1.97. The van der Waals surface area contributed by atoms with Crippen molar-refractivity contribution in [3.63, 3.8) is 0 Å². The lowest BCUT2D eigenvalue weighted by molar-refractivity contribution is -0.122. The molecule has 0 saturated heterocycles. The fourth-order valence-corrected chi connectivity index (χ4v) is 2.37. The highest BCUT2D eigenvalue weighted by molar-refractivity contribution is 5.95. The average molecular weight is 355 g/mol. The van der Waals surface area contributed by atoms with Crippen molar-refractivity contribution in [3.05, 3.63) is 59.7 Å². The second-order valence-corrected chi connectivity index (χ2v) is 6.03. The predicted octanol–water partition coefficient (Wildman–Crippen LogP) is 4.36. The molecule has 1 amide bonds. The van der Waals surface area contributed by atoms with E-state index in [-0.39, 0.29) is 11.9 Å². The molecule has 1 unspecified atom stereocenters. The van der Waals surface area contributed by atoms with E-state index in [9.17, 15) is 9.59 Å². The van der Waals surface area contributed by atoms with Crippen LogP contribution in [0.2, 0.25) is 0 Å². The first-order chi connectivity index (χ1) is 12.5. The smallest absolute Gasteiger partial charge is 0.338 e. The van der Waals surface area contributed by atoms with E-state index in [1.807, 2.05) is 45.0 Å². The van der Waals surface area contributed by atoms with Gasteiger partial charge in [0.05, 0.1) is 12.2 Å². The van der Waals surface area contributed by atoms with Gasteiger partial charge in [-0.05, 0) is 61.7 Å². The molecule has 0 radical (unpaired) electrons. The van der Waals surface area contributed by atoms with E-state index in [0.717, 1.165) is 12.0 Å². The van der Waals surface area contributed by atoms with Crippen molar-refractivity contribution in [2.75, 3.05) is 11.9 Å². The van der Waals surface area contributed by atoms with Crippen LogP contribution in [0.5, 0.6) is 5.75 Å². The summed E-state index contributed by atoms with van der Waals surface area (Å²) in [6.07, 6.45) is 0.728. The normalized spacial score (nSPS) is 11.5. The molecule has 1 atom stereocenters. The van der Waals surface area contributed by atoms with Gasteiger partial charge in [0.2, 0.25) is 0 Å². The number of carbonyl (C=O) groups is 2. The van der Waals surface area contributed by atoms with E-state index < -0.39 is 6.10 Å². The Morgan fingerprint density at radius 2 is 1.81 bits per heavy atom. The fourth-order valence-electron chi connectivity index (χ4n) is 2.37. The third-order valence-corrected chi connectivity index (χ3v) is 3.76. The van der Waals surface area contributed by atoms with E-state index in [2.05, 4.69) is 5.32 Å². The second-order valence-electron chi connectivity index (χ2n) is 6.03. The summed E-state index contributed by atoms with van der Waals surface area (Å²) in [5.41, 5.74) is 2.14. The van der Waals surface area contributed by atoms with Crippen LogP contribution in [0.1, 0.15) is 42.6 Å². The Morgan fingerprint density at radius 1 is 1.08 bits per heavy atom. The molecule has 0 aromatic heterocycles. The molecule has 5 nitrogen and oxygen atoms in total. The average Bonchev–Trinajstić information content (AvgIpc) is 2.64. The van der Waals surface area contributed by atoms with Crippen molar-refractivity contribution in [3.8, 4) is 5.75 Å². The maximum Gasteiger partial charge on any atom is 0.338 e. The summed E-state index contributed by atoms with van der Waals surface area (Å²) in [4.78, 5) is 24.3. The highest BCUT2D eigenvalue weighted by atomic mass is 16.5. The monoisotopic (exact) mass is 355 g/mol. The van der Waals surface area contributed by atoms with E-state index >= 15 is 0 Å². The van der Waals surface area contributed by atoms with Crippen LogP contribution in [-0.4, -0.2) is 24.6 Å². The first-order valence-electron chi connectivity index (χ1n) is 8.84. The zero-order valence-corrected chi connectivity index (χ0v) is 15.5. The van der Waals surface area contributed by atoms with Crippen LogP contribution >= 0.6 is 0 Å². The van der Waals surface area contributed by atoms with Gasteiger partial charge in [0.15, 0.2) is 6.10 Å². The van der Waals surface area contributed by atoms with Gasteiger partial charge < -0.3 is 14.8 Å². The number of rotatable bonds is 8. The maximum atomic E-state index is 12.5. The van der Waals surface area contributed by atoms with Crippen LogP contribution in [0.25, 0.3) is 0 Å². The first kappa shape index (κ1) is 19.5. The Bertz CT molecular complexity index is 740. The van der Waals surface area contributed by atoms with Crippen molar-refractivity contribution >= 4 is 17.6 Å². The molecule has 0 saturated carbocycles. The summed E-state index contributed by atoms with van der Waals surface area (Å²) < 4.78 is 10.9. The number of nitrogens with one attached hydrogen (secondary N) is 1. The molecule has 0 aliphatic heterocycles. The maximum absolute atomic E-state index is 12.5. The predicted molar refractivity (Wildman–Crippen MR) is 102 cm³/mol. The Hall–Kier alpha value is -2.82.